The molecule has 5 rings (SSSR count). The van der Waals surface area contributed by atoms with E-state index in [-0.39, 0.29) is 39.6 Å². The lowest BCUT2D eigenvalue weighted by molar-refractivity contribution is 0.476. The van der Waals surface area contributed by atoms with E-state index in [4.69, 9.17) is 0 Å². The van der Waals surface area contributed by atoms with Gasteiger partial charge in [0.25, 0.3) is 5.56 Å². The highest BCUT2D eigenvalue weighted by Crippen LogP contribution is 2.57. The number of hydrogen-bond acceptors (Lipinski definition) is 7. The van der Waals surface area contributed by atoms with Gasteiger partial charge in [-0.1, -0.05) is 47.2 Å². The molecule has 0 spiro atoms. The van der Waals surface area contributed by atoms with E-state index >= 15 is 0 Å². The maximum absolute atomic E-state index is 14.4. The van der Waals surface area contributed by atoms with Crippen LogP contribution in [0.2, 0.25) is 0 Å². The molecule has 3 heterocycles. The molecule has 2 aromatic carbocycles. The average Bonchev–Trinajstić information content (AvgIpc) is 2.79. The summed E-state index contributed by atoms with van der Waals surface area (Å²) in [6, 6.07) is 15.0. The molecule has 10 heteroatoms. The number of rotatable bonds is 3. The normalized spacial score (nSPS) is 15.5. The summed E-state index contributed by atoms with van der Waals surface area (Å²) in [6.07, 6.45) is 1.51. The van der Waals surface area contributed by atoms with Crippen LogP contribution in [0.4, 0.5) is 10.1 Å². The molecule has 0 bridgehead atoms. The Bertz CT molecular complexity index is 1500. The summed E-state index contributed by atoms with van der Waals surface area (Å²) in [5, 5.41) is 14.1. The highest BCUT2D eigenvalue weighted by molar-refractivity contribution is 8.23. The third-order valence-electron chi connectivity index (χ3n) is 5.47. The second kappa shape index (κ2) is 7.69. The summed E-state index contributed by atoms with van der Waals surface area (Å²) in [5.41, 5.74) is 0.805. The summed E-state index contributed by atoms with van der Waals surface area (Å²) in [6.45, 7) is 1.82. The number of nitrogens with zero attached hydrogens (tertiary/aromatic N) is 3. The second-order valence-corrected chi connectivity index (χ2v) is 9.26. The van der Waals surface area contributed by atoms with Crippen LogP contribution in [0.25, 0.3) is 11.0 Å². The Hall–Kier alpha value is -3.73. The summed E-state index contributed by atoms with van der Waals surface area (Å²) in [7, 11) is -3.98. The van der Waals surface area contributed by atoms with Gasteiger partial charge in [-0.15, -0.1) is 4.40 Å². The Kier molecular flexibility index (Phi) is 4.93. The number of halogens is 1. The Morgan fingerprint density at radius 1 is 1.09 bits per heavy atom. The monoisotopic (exact) mass is 466 g/mol. The van der Waals surface area contributed by atoms with E-state index in [1.807, 2.05) is 30.3 Å². The van der Waals surface area contributed by atoms with E-state index in [0.29, 0.717) is 5.56 Å². The smallest absolute Gasteiger partial charge is 0.267 e. The van der Waals surface area contributed by atoms with E-state index in [9.17, 15) is 23.4 Å². The van der Waals surface area contributed by atoms with Crippen LogP contribution < -0.4 is 10.9 Å². The van der Waals surface area contributed by atoms with Crippen molar-refractivity contribution < 1.29 is 18.6 Å². The van der Waals surface area contributed by atoms with Crippen molar-refractivity contribution in [2.75, 3.05) is 5.32 Å². The highest BCUT2D eigenvalue weighted by atomic mass is 32.3. The number of aromatic hydroxyl groups is 1. The molecule has 0 unspecified atom stereocenters. The zero-order valence-corrected chi connectivity index (χ0v) is 18.2. The first kappa shape index (κ1) is 21.1. The van der Waals surface area contributed by atoms with Gasteiger partial charge < -0.3 is 10.4 Å². The minimum atomic E-state index is -3.98. The summed E-state index contributed by atoms with van der Waals surface area (Å²) in [5.74, 6) is -1.50. The molecule has 8 nitrogen and oxygen atoms in total. The second-order valence-electron chi connectivity index (χ2n) is 7.63. The Morgan fingerprint density at radius 3 is 2.61 bits per heavy atom. The van der Waals surface area contributed by atoms with Crippen molar-refractivity contribution in [2.45, 2.75) is 18.4 Å². The quantitative estimate of drug-likeness (QED) is 0.353. The molecule has 0 atom stereocenters. The fourth-order valence-electron chi connectivity index (χ4n) is 3.89. The first-order chi connectivity index (χ1) is 15.8. The van der Waals surface area contributed by atoms with E-state index in [0.717, 1.165) is 11.6 Å². The fraction of sp³-hybridized carbons (Fsp3) is 0.0870. The van der Waals surface area contributed by atoms with Gasteiger partial charge in [-0.3, -0.25) is 18.5 Å². The summed E-state index contributed by atoms with van der Waals surface area (Å²) >= 11 is 0. The van der Waals surface area contributed by atoms with Crippen LogP contribution in [0.3, 0.4) is 0 Å². The Balaban J connectivity index is 1.77. The van der Waals surface area contributed by atoms with Gasteiger partial charge in [0.05, 0.1) is 17.6 Å². The maximum Gasteiger partial charge on any atom is 0.267 e. The van der Waals surface area contributed by atoms with Gasteiger partial charge >= 0.3 is 0 Å². The topological polar surface area (TPSA) is 120 Å². The maximum atomic E-state index is 14.4. The first-order valence-corrected chi connectivity index (χ1v) is 11.5. The molecule has 0 fully saturated rings. The lowest BCUT2D eigenvalue weighted by atomic mass is 10.1. The number of nitrogens with one attached hydrogen (secondary N) is 1. The molecule has 33 heavy (non-hydrogen) atoms. The van der Waals surface area contributed by atoms with Crippen LogP contribution in [-0.2, 0) is 6.54 Å². The molecule has 0 radical (unpaired) electrons. The molecular weight excluding hydrogens is 447 g/mol. The number of hydrogen-bond donors (Lipinski definition) is 4. The molecule has 2 aromatic heterocycles. The Labute approximate surface area is 189 Å². The van der Waals surface area contributed by atoms with Crippen molar-refractivity contribution >= 4 is 33.3 Å². The predicted octanol–water partition coefficient (Wildman–Crippen LogP) is 4.49. The largest absolute Gasteiger partial charge is 0.506 e. The van der Waals surface area contributed by atoms with Crippen molar-refractivity contribution in [1.29, 1.82) is 0 Å². The molecule has 1 aliphatic rings. The van der Waals surface area contributed by atoms with Gasteiger partial charge in [-0.2, -0.15) is 0 Å². The summed E-state index contributed by atoms with van der Waals surface area (Å²) < 4.78 is 40.9. The van der Waals surface area contributed by atoms with Crippen LogP contribution >= 0.6 is 10.8 Å². The van der Waals surface area contributed by atoms with E-state index in [1.54, 1.807) is 19.1 Å². The van der Waals surface area contributed by atoms with Crippen molar-refractivity contribution in [2.24, 2.45) is 4.40 Å². The van der Waals surface area contributed by atoms with Crippen LogP contribution in [0.15, 0.2) is 74.9 Å². The van der Waals surface area contributed by atoms with Crippen LogP contribution in [-0.4, -0.2) is 29.6 Å². The minimum absolute atomic E-state index is 0.0969. The van der Waals surface area contributed by atoms with E-state index < -0.39 is 27.9 Å². The Morgan fingerprint density at radius 2 is 1.85 bits per heavy atom. The van der Waals surface area contributed by atoms with Crippen LogP contribution in [0.1, 0.15) is 16.7 Å². The van der Waals surface area contributed by atoms with E-state index in [2.05, 4.69) is 14.7 Å². The van der Waals surface area contributed by atoms with E-state index in [1.165, 1.54) is 16.8 Å². The number of anilines is 1. The standard InChI is InChI=1S/C23H19FN4O4S/c1-13-9-10-16(24)20-18(13)26-21(27-33(20,31)32)17-19(29)15-8-5-11-25-22(15)28(23(17)30)12-14-6-3-2-4-7-14/h2-11,29,31-32H,12H2,1H3,(H,26,27). The number of aromatic nitrogens is 2. The molecule has 0 aliphatic carbocycles. The number of amidine groups is 1. The fourth-order valence-corrected chi connectivity index (χ4v) is 5.19. The third kappa shape index (κ3) is 3.44. The molecule has 4 aromatic rings. The predicted molar refractivity (Wildman–Crippen MR) is 126 cm³/mol. The lowest BCUT2D eigenvalue weighted by Gasteiger charge is -2.35. The summed E-state index contributed by atoms with van der Waals surface area (Å²) in [4.78, 5) is 17.5. The molecule has 0 saturated carbocycles. The van der Waals surface area contributed by atoms with Gasteiger partial charge in [0.15, 0.2) is 5.84 Å². The minimum Gasteiger partial charge on any atom is -0.506 e. The van der Waals surface area contributed by atoms with Crippen molar-refractivity contribution in [3.8, 4) is 5.75 Å². The van der Waals surface area contributed by atoms with Gasteiger partial charge in [0, 0.05) is 6.20 Å². The zero-order chi connectivity index (χ0) is 23.3. The van der Waals surface area contributed by atoms with Gasteiger partial charge in [-0.25, -0.2) is 9.37 Å². The first-order valence-electron chi connectivity index (χ1n) is 9.97. The molecule has 0 amide bonds. The van der Waals surface area contributed by atoms with Crippen LogP contribution in [0, 0.1) is 12.7 Å². The van der Waals surface area contributed by atoms with Gasteiger partial charge in [0.2, 0.25) is 0 Å². The van der Waals surface area contributed by atoms with Crippen molar-refractivity contribution in [3.63, 3.8) is 0 Å². The average molecular weight is 466 g/mol. The number of benzene rings is 2. The number of fused-ring (bicyclic) bond motifs is 2. The zero-order valence-electron chi connectivity index (χ0n) is 17.4. The van der Waals surface area contributed by atoms with Gasteiger partial charge in [0.1, 0.15) is 27.7 Å². The highest BCUT2D eigenvalue weighted by Gasteiger charge is 2.33. The van der Waals surface area contributed by atoms with Crippen molar-refractivity contribution in [3.05, 3.63) is 93.7 Å². The SMILES string of the molecule is Cc1ccc(F)c2c1NC(c1c(O)c3cccnc3n(Cc3ccccc3)c1=O)=NS2(O)O. The molecule has 0 saturated heterocycles. The molecule has 1 aliphatic heterocycles. The third-order valence-corrected chi connectivity index (χ3v) is 6.85. The molecular formula is C23H19FN4O4S. The van der Waals surface area contributed by atoms with Crippen molar-refractivity contribution in [1.82, 2.24) is 9.55 Å². The number of pyridine rings is 2. The lowest BCUT2D eigenvalue weighted by Crippen LogP contribution is -2.33. The van der Waals surface area contributed by atoms with Gasteiger partial charge in [-0.05, 0) is 36.2 Å². The molecule has 4 N–H and O–H groups in total. The number of aryl methyl sites for hydroxylation is 1. The van der Waals surface area contributed by atoms with Crippen LogP contribution in [0.5, 0.6) is 5.75 Å². The molecule has 168 valence electrons.